The topological polar surface area (TPSA) is 111 Å². The Kier molecular flexibility index (Phi) is 4.43. The molecule has 2 aromatic carbocycles. The third-order valence-electron chi connectivity index (χ3n) is 5.36. The van der Waals surface area contributed by atoms with Crippen LogP contribution in [0.5, 0.6) is 11.5 Å². The number of aromatic nitrogens is 4. The molecule has 31 heavy (non-hydrogen) atoms. The number of aryl methyl sites for hydroxylation is 1. The first-order valence-corrected chi connectivity index (χ1v) is 9.72. The Bertz CT molecular complexity index is 1440. The van der Waals surface area contributed by atoms with E-state index in [-0.39, 0.29) is 17.8 Å². The zero-order valence-electron chi connectivity index (χ0n) is 16.9. The van der Waals surface area contributed by atoms with E-state index in [9.17, 15) is 9.59 Å². The van der Waals surface area contributed by atoms with Crippen molar-refractivity contribution >= 4 is 17.0 Å². The molecule has 0 bridgehead atoms. The van der Waals surface area contributed by atoms with Gasteiger partial charge in [0.1, 0.15) is 5.39 Å². The number of fused-ring (bicyclic) bond motifs is 2. The number of aromatic amines is 1. The summed E-state index contributed by atoms with van der Waals surface area (Å²) in [6.07, 6.45) is 1.42. The standard InChI is InChI=1S/C22H19N5O4/c1-12-4-3-5-16(13(12)2)27-20(28)15-10-24-21(25-19(15)26-22(27)29)23-9-14-6-7-17-18(8-14)31-11-30-17/h3-8,10H,9,11H2,1-2H3,(H2,23,24,25,26,29). The minimum atomic E-state index is -0.549. The monoisotopic (exact) mass is 417 g/mol. The van der Waals surface area contributed by atoms with Crippen molar-refractivity contribution in [2.45, 2.75) is 20.4 Å². The van der Waals surface area contributed by atoms with Crippen LogP contribution in [0.15, 0.2) is 52.2 Å². The molecule has 2 aromatic heterocycles. The minimum Gasteiger partial charge on any atom is -0.454 e. The molecule has 3 heterocycles. The fourth-order valence-electron chi connectivity index (χ4n) is 3.52. The summed E-state index contributed by atoms with van der Waals surface area (Å²) in [4.78, 5) is 37.0. The second-order valence-corrected chi connectivity index (χ2v) is 7.29. The van der Waals surface area contributed by atoms with E-state index in [1.54, 1.807) is 6.07 Å². The summed E-state index contributed by atoms with van der Waals surface area (Å²) in [6.45, 7) is 4.46. The molecule has 0 spiro atoms. The van der Waals surface area contributed by atoms with Crippen LogP contribution in [0, 0.1) is 13.8 Å². The number of hydrogen-bond donors (Lipinski definition) is 2. The maximum Gasteiger partial charge on any atom is 0.334 e. The van der Waals surface area contributed by atoms with Crippen molar-refractivity contribution in [3.05, 3.63) is 80.1 Å². The van der Waals surface area contributed by atoms with Crippen LogP contribution >= 0.6 is 0 Å². The molecule has 156 valence electrons. The third-order valence-corrected chi connectivity index (χ3v) is 5.36. The van der Waals surface area contributed by atoms with E-state index >= 15 is 0 Å². The van der Waals surface area contributed by atoms with Crippen molar-refractivity contribution in [1.29, 1.82) is 0 Å². The van der Waals surface area contributed by atoms with E-state index in [1.807, 2.05) is 44.2 Å². The Morgan fingerprint density at radius 2 is 1.97 bits per heavy atom. The highest BCUT2D eigenvalue weighted by Gasteiger charge is 2.15. The molecule has 9 heteroatoms. The molecular formula is C22H19N5O4. The van der Waals surface area contributed by atoms with Gasteiger partial charge in [-0.1, -0.05) is 18.2 Å². The van der Waals surface area contributed by atoms with Crippen molar-refractivity contribution in [2.75, 3.05) is 12.1 Å². The lowest BCUT2D eigenvalue weighted by Crippen LogP contribution is -2.34. The lowest BCUT2D eigenvalue weighted by atomic mass is 10.1. The Morgan fingerprint density at radius 3 is 2.84 bits per heavy atom. The number of rotatable bonds is 4. The van der Waals surface area contributed by atoms with E-state index < -0.39 is 11.2 Å². The summed E-state index contributed by atoms with van der Waals surface area (Å²) in [5, 5.41) is 3.33. The molecule has 0 unspecified atom stereocenters. The maximum absolute atomic E-state index is 13.0. The van der Waals surface area contributed by atoms with E-state index in [0.717, 1.165) is 21.3 Å². The van der Waals surface area contributed by atoms with Gasteiger partial charge in [-0.3, -0.25) is 9.78 Å². The van der Waals surface area contributed by atoms with Gasteiger partial charge in [-0.05, 0) is 48.7 Å². The van der Waals surface area contributed by atoms with Gasteiger partial charge in [0, 0.05) is 12.7 Å². The Hall–Kier alpha value is -4.14. The zero-order chi connectivity index (χ0) is 21.5. The molecule has 0 radical (unpaired) electrons. The quantitative estimate of drug-likeness (QED) is 0.525. The van der Waals surface area contributed by atoms with E-state index in [2.05, 4.69) is 20.3 Å². The fourth-order valence-corrected chi connectivity index (χ4v) is 3.52. The number of nitrogens with zero attached hydrogens (tertiary/aromatic N) is 3. The summed E-state index contributed by atoms with van der Waals surface area (Å²) in [5.41, 5.74) is 2.51. The van der Waals surface area contributed by atoms with Crippen molar-refractivity contribution < 1.29 is 9.47 Å². The summed E-state index contributed by atoms with van der Waals surface area (Å²) < 4.78 is 11.8. The number of anilines is 1. The summed E-state index contributed by atoms with van der Waals surface area (Å²) >= 11 is 0. The lowest BCUT2D eigenvalue weighted by Gasteiger charge is -2.11. The van der Waals surface area contributed by atoms with Gasteiger partial charge >= 0.3 is 5.69 Å². The van der Waals surface area contributed by atoms with Gasteiger partial charge in [-0.15, -0.1) is 0 Å². The molecule has 2 N–H and O–H groups in total. The first-order valence-electron chi connectivity index (χ1n) is 9.72. The summed E-state index contributed by atoms with van der Waals surface area (Å²) in [5.74, 6) is 1.70. The molecule has 0 saturated carbocycles. The van der Waals surface area contributed by atoms with Gasteiger partial charge < -0.3 is 14.8 Å². The summed E-state index contributed by atoms with van der Waals surface area (Å²) in [6, 6.07) is 11.1. The molecule has 1 aliphatic heterocycles. The van der Waals surface area contributed by atoms with Gasteiger partial charge in [0.05, 0.1) is 5.69 Å². The molecular weight excluding hydrogens is 398 g/mol. The predicted octanol–water partition coefficient (Wildman–Crippen LogP) is 2.43. The Balaban J connectivity index is 1.47. The summed E-state index contributed by atoms with van der Waals surface area (Å²) in [7, 11) is 0. The molecule has 4 aromatic rings. The van der Waals surface area contributed by atoms with Gasteiger partial charge in [-0.25, -0.2) is 14.3 Å². The largest absolute Gasteiger partial charge is 0.454 e. The average Bonchev–Trinajstić information content (AvgIpc) is 3.23. The molecule has 5 rings (SSSR count). The number of benzene rings is 2. The van der Waals surface area contributed by atoms with Gasteiger partial charge in [0.15, 0.2) is 17.1 Å². The van der Waals surface area contributed by atoms with Gasteiger partial charge in [-0.2, -0.15) is 4.98 Å². The van der Waals surface area contributed by atoms with Gasteiger partial charge in [0.2, 0.25) is 12.7 Å². The maximum atomic E-state index is 13.0. The first kappa shape index (κ1) is 18.9. The molecule has 0 atom stereocenters. The number of ether oxygens (including phenoxy) is 2. The van der Waals surface area contributed by atoms with Crippen LogP contribution in [0.1, 0.15) is 16.7 Å². The highest BCUT2D eigenvalue weighted by Crippen LogP contribution is 2.32. The number of H-pyrrole nitrogens is 1. The molecule has 0 saturated heterocycles. The number of nitrogens with one attached hydrogen (secondary N) is 2. The highest BCUT2D eigenvalue weighted by atomic mass is 16.7. The normalized spacial score (nSPS) is 12.3. The van der Waals surface area contributed by atoms with Crippen LogP contribution in [0.25, 0.3) is 16.7 Å². The third kappa shape index (κ3) is 3.29. The molecule has 0 fully saturated rings. The molecule has 0 aliphatic carbocycles. The fraction of sp³-hybridized carbons (Fsp3) is 0.182. The van der Waals surface area contributed by atoms with E-state index in [0.29, 0.717) is 29.7 Å². The van der Waals surface area contributed by atoms with Gasteiger partial charge in [0.25, 0.3) is 5.56 Å². The molecule has 1 aliphatic rings. The zero-order valence-corrected chi connectivity index (χ0v) is 16.9. The first-order chi connectivity index (χ1) is 15.0. The van der Waals surface area contributed by atoms with Crippen LogP contribution in [-0.4, -0.2) is 26.3 Å². The van der Waals surface area contributed by atoms with Crippen molar-refractivity contribution in [3.63, 3.8) is 0 Å². The minimum absolute atomic E-state index is 0.180. The van der Waals surface area contributed by atoms with Crippen LogP contribution < -0.4 is 26.0 Å². The Labute approximate surface area is 176 Å². The predicted molar refractivity (Wildman–Crippen MR) is 115 cm³/mol. The smallest absolute Gasteiger partial charge is 0.334 e. The average molecular weight is 417 g/mol. The number of hydrogen-bond acceptors (Lipinski definition) is 7. The van der Waals surface area contributed by atoms with E-state index in [4.69, 9.17) is 9.47 Å². The SMILES string of the molecule is Cc1cccc(-n2c(=O)[nH]c3nc(NCc4ccc5c(c4)OCO5)ncc3c2=O)c1C. The van der Waals surface area contributed by atoms with Crippen molar-refractivity contribution in [3.8, 4) is 17.2 Å². The van der Waals surface area contributed by atoms with Crippen molar-refractivity contribution in [2.24, 2.45) is 0 Å². The second kappa shape index (κ2) is 7.28. The van der Waals surface area contributed by atoms with Crippen LogP contribution in [0.2, 0.25) is 0 Å². The van der Waals surface area contributed by atoms with Crippen LogP contribution in [-0.2, 0) is 6.54 Å². The molecule has 9 nitrogen and oxygen atoms in total. The Morgan fingerprint density at radius 1 is 1.13 bits per heavy atom. The van der Waals surface area contributed by atoms with E-state index in [1.165, 1.54) is 6.20 Å². The second-order valence-electron chi connectivity index (χ2n) is 7.29. The van der Waals surface area contributed by atoms with Crippen LogP contribution in [0.4, 0.5) is 5.95 Å². The van der Waals surface area contributed by atoms with Crippen LogP contribution in [0.3, 0.4) is 0 Å². The van der Waals surface area contributed by atoms with Crippen molar-refractivity contribution in [1.82, 2.24) is 19.5 Å². The molecule has 0 amide bonds. The lowest BCUT2D eigenvalue weighted by molar-refractivity contribution is 0.174. The highest BCUT2D eigenvalue weighted by molar-refractivity contribution is 5.73.